The minimum atomic E-state index is -0.994. The van der Waals surface area contributed by atoms with Gasteiger partial charge in [-0.2, -0.15) is 0 Å². The molecule has 0 aliphatic rings. The lowest BCUT2D eigenvalue weighted by Gasteiger charge is -2.06. The molecule has 0 amide bonds. The van der Waals surface area contributed by atoms with E-state index in [1.54, 1.807) is 6.92 Å². The number of hydrogen-bond donors (Lipinski definition) is 2. The highest BCUT2D eigenvalue weighted by Gasteiger charge is 2.03. The normalized spacial score (nSPS) is 9.92. The summed E-state index contributed by atoms with van der Waals surface area (Å²) in [7, 11) is 0. The quantitative estimate of drug-likeness (QED) is 0.673. The van der Waals surface area contributed by atoms with E-state index >= 15 is 0 Å². The van der Waals surface area contributed by atoms with Crippen molar-refractivity contribution in [2.24, 2.45) is 0 Å². The van der Waals surface area contributed by atoms with Crippen LogP contribution in [0.4, 0.5) is 0 Å². The van der Waals surface area contributed by atoms with Gasteiger partial charge in [-0.25, -0.2) is 0 Å². The molecule has 6 heteroatoms. The molecule has 2 N–H and O–H groups in total. The molecule has 0 atom stereocenters. The summed E-state index contributed by atoms with van der Waals surface area (Å²) in [6, 6.07) is 1.30. The van der Waals surface area contributed by atoms with Gasteiger partial charge in [-0.05, 0) is 19.1 Å². The van der Waals surface area contributed by atoms with Gasteiger partial charge in [-0.15, -0.1) is 0 Å². The van der Waals surface area contributed by atoms with Crippen LogP contribution in [0.1, 0.15) is 5.69 Å². The van der Waals surface area contributed by atoms with E-state index in [1.165, 1.54) is 10.6 Å². The first-order valence-electron chi connectivity index (χ1n) is 3.53. The summed E-state index contributed by atoms with van der Waals surface area (Å²) in [4.78, 5) is 23.6. The third kappa shape index (κ3) is 2.25. The van der Waals surface area contributed by atoms with E-state index in [4.69, 9.17) is 17.3 Å². The number of aromatic nitrogens is 2. The zero-order valence-corrected chi connectivity index (χ0v) is 7.72. The second-order valence-corrected chi connectivity index (χ2v) is 2.95. The van der Waals surface area contributed by atoms with E-state index in [-0.39, 0.29) is 16.9 Å². The number of rotatable bonds is 2. The van der Waals surface area contributed by atoms with Crippen LogP contribution in [0.25, 0.3) is 0 Å². The zero-order chi connectivity index (χ0) is 10.0. The molecule has 0 bridgehead atoms. The number of carboxylic acid groups (broad SMARTS) is 1. The lowest BCUT2D eigenvalue weighted by molar-refractivity contribution is -0.137. The van der Waals surface area contributed by atoms with E-state index in [0.29, 0.717) is 5.69 Å². The van der Waals surface area contributed by atoms with Gasteiger partial charge in [-0.1, -0.05) is 0 Å². The van der Waals surface area contributed by atoms with Crippen molar-refractivity contribution in [3.05, 3.63) is 26.9 Å². The van der Waals surface area contributed by atoms with Gasteiger partial charge in [0.05, 0.1) is 0 Å². The van der Waals surface area contributed by atoms with Crippen LogP contribution >= 0.6 is 12.2 Å². The van der Waals surface area contributed by atoms with E-state index in [9.17, 15) is 9.59 Å². The SMILES string of the molecule is Cc1cc(=O)[nH]c(=S)n1CC(=O)O. The van der Waals surface area contributed by atoms with Crippen molar-refractivity contribution in [2.45, 2.75) is 13.5 Å². The third-order valence-corrected chi connectivity index (χ3v) is 1.86. The fraction of sp³-hybridized carbons (Fsp3) is 0.286. The largest absolute Gasteiger partial charge is 0.480 e. The highest BCUT2D eigenvalue weighted by molar-refractivity contribution is 7.71. The molecule has 70 valence electrons. The van der Waals surface area contributed by atoms with Crippen LogP contribution in [0.5, 0.6) is 0 Å². The van der Waals surface area contributed by atoms with Gasteiger partial charge in [0.15, 0.2) is 4.77 Å². The maximum atomic E-state index is 10.9. The molecule has 0 radical (unpaired) electrons. The Kier molecular flexibility index (Phi) is 2.62. The van der Waals surface area contributed by atoms with Gasteiger partial charge in [-0.3, -0.25) is 14.6 Å². The Bertz CT molecular complexity index is 446. The van der Waals surface area contributed by atoms with Gasteiger partial charge in [0.25, 0.3) is 5.56 Å². The van der Waals surface area contributed by atoms with Gasteiger partial charge < -0.3 is 9.67 Å². The van der Waals surface area contributed by atoms with Crippen molar-refractivity contribution in [3.63, 3.8) is 0 Å². The number of aryl methyl sites for hydroxylation is 1. The minimum absolute atomic E-state index is 0.132. The summed E-state index contributed by atoms with van der Waals surface area (Å²) in [6.07, 6.45) is 0. The van der Waals surface area contributed by atoms with Crippen LogP contribution in [0.3, 0.4) is 0 Å². The molecule has 0 fully saturated rings. The Morgan fingerprint density at radius 3 is 2.85 bits per heavy atom. The number of nitrogens with zero attached hydrogens (tertiary/aromatic N) is 1. The molecule has 0 aliphatic heterocycles. The molecular formula is C7H8N2O3S. The molecule has 0 spiro atoms. The van der Waals surface area contributed by atoms with Crippen molar-refractivity contribution in [3.8, 4) is 0 Å². The van der Waals surface area contributed by atoms with Gasteiger partial charge in [0.2, 0.25) is 0 Å². The molecule has 1 rings (SSSR count). The Labute approximate surface area is 78.7 Å². The summed E-state index contributed by atoms with van der Waals surface area (Å²) >= 11 is 4.79. The maximum Gasteiger partial charge on any atom is 0.323 e. The molecule has 0 saturated heterocycles. The molecule has 0 saturated carbocycles. The second kappa shape index (κ2) is 3.53. The lowest BCUT2D eigenvalue weighted by atomic mass is 10.4. The smallest absolute Gasteiger partial charge is 0.323 e. The molecule has 13 heavy (non-hydrogen) atoms. The fourth-order valence-corrected chi connectivity index (χ4v) is 1.28. The van der Waals surface area contributed by atoms with Crippen LogP contribution in [0, 0.1) is 11.7 Å². The Morgan fingerprint density at radius 1 is 1.77 bits per heavy atom. The Hall–Kier alpha value is -1.43. The predicted octanol–water partition coefficient (Wildman–Crippen LogP) is 0.299. The first-order valence-corrected chi connectivity index (χ1v) is 3.94. The minimum Gasteiger partial charge on any atom is -0.480 e. The highest BCUT2D eigenvalue weighted by atomic mass is 32.1. The van der Waals surface area contributed by atoms with Crippen LogP contribution < -0.4 is 5.56 Å². The number of aliphatic carboxylic acids is 1. The summed E-state index contributed by atoms with van der Waals surface area (Å²) < 4.78 is 1.48. The van der Waals surface area contributed by atoms with E-state index in [2.05, 4.69) is 4.98 Å². The Morgan fingerprint density at radius 2 is 2.38 bits per heavy atom. The van der Waals surface area contributed by atoms with Crippen molar-refractivity contribution in [1.29, 1.82) is 0 Å². The molecule has 0 aliphatic carbocycles. The molecule has 5 nitrogen and oxygen atoms in total. The van der Waals surface area contributed by atoms with E-state index in [1.807, 2.05) is 0 Å². The van der Waals surface area contributed by atoms with Crippen LogP contribution in [-0.2, 0) is 11.3 Å². The third-order valence-electron chi connectivity index (χ3n) is 1.53. The van der Waals surface area contributed by atoms with Crippen LogP contribution in [0.2, 0.25) is 0 Å². The van der Waals surface area contributed by atoms with E-state index in [0.717, 1.165) is 0 Å². The first-order chi connectivity index (χ1) is 6.00. The van der Waals surface area contributed by atoms with E-state index < -0.39 is 5.97 Å². The average Bonchev–Trinajstić information content (AvgIpc) is 1.96. The van der Waals surface area contributed by atoms with Gasteiger partial charge >= 0.3 is 5.97 Å². The van der Waals surface area contributed by atoms with Crippen LogP contribution in [0.15, 0.2) is 10.9 Å². The molecular weight excluding hydrogens is 192 g/mol. The number of hydrogen-bond acceptors (Lipinski definition) is 3. The van der Waals surface area contributed by atoms with Gasteiger partial charge in [0.1, 0.15) is 6.54 Å². The number of aromatic amines is 1. The number of carboxylic acids is 1. The van der Waals surface area contributed by atoms with Crippen molar-refractivity contribution >= 4 is 18.2 Å². The average molecular weight is 200 g/mol. The molecule has 1 aromatic heterocycles. The molecule has 1 aromatic rings. The lowest BCUT2D eigenvalue weighted by Crippen LogP contribution is -2.18. The van der Waals surface area contributed by atoms with Crippen LogP contribution in [-0.4, -0.2) is 20.6 Å². The summed E-state index contributed by atoms with van der Waals surface area (Å²) in [6.45, 7) is 1.40. The fourth-order valence-electron chi connectivity index (χ4n) is 0.969. The Balaban J connectivity index is 3.29. The monoisotopic (exact) mass is 200 g/mol. The number of carbonyl (C=O) groups is 1. The summed E-state index contributed by atoms with van der Waals surface area (Å²) in [5.41, 5.74) is 0.222. The summed E-state index contributed by atoms with van der Waals surface area (Å²) in [5.74, 6) is -0.994. The zero-order valence-electron chi connectivity index (χ0n) is 6.90. The van der Waals surface area contributed by atoms with Crippen molar-refractivity contribution in [1.82, 2.24) is 9.55 Å². The second-order valence-electron chi connectivity index (χ2n) is 2.56. The predicted molar refractivity (Wildman–Crippen MR) is 48.3 cm³/mol. The summed E-state index contributed by atoms with van der Waals surface area (Å²) in [5, 5.41) is 8.53. The molecule has 1 heterocycles. The first kappa shape index (κ1) is 9.66. The topological polar surface area (TPSA) is 75.1 Å². The van der Waals surface area contributed by atoms with Crippen molar-refractivity contribution in [2.75, 3.05) is 0 Å². The maximum absolute atomic E-state index is 10.9. The molecule has 0 unspecified atom stereocenters. The number of nitrogens with one attached hydrogen (secondary N) is 1. The standard InChI is InChI=1S/C7H8N2O3S/c1-4-2-5(10)8-7(13)9(4)3-6(11)12/h2H,3H2,1H3,(H,11,12)(H,8,10,13). The van der Waals surface area contributed by atoms with Gasteiger partial charge in [0, 0.05) is 11.8 Å². The molecule has 0 aromatic carbocycles. The number of H-pyrrole nitrogens is 1. The van der Waals surface area contributed by atoms with Crippen molar-refractivity contribution < 1.29 is 9.90 Å². The highest BCUT2D eigenvalue weighted by Crippen LogP contribution is 1.94.